The molecule has 1 aromatic heterocycles. The van der Waals surface area contributed by atoms with Crippen LogP contribution in [0.1, 0.15) is 36.0 Å². The van der Waals surface area contributed by atoms with Crippen LogP contribution in [0.25, 0.3) is 5.69 Å². The van der Waals surface area contributed by atoms with Crippen LogP contribution in [0, 0.1) is 0 Å². The maximum Gasteiger partial charge on any atom is 0.303 e. The molecule has 1 aromatic carbocycles. The second kappa shape index (κ2) is 8.47. The molecule has 0 spiro atoms. The number of amides is 1. The topological polar surface area (TPSA) is 84.2 Å². The maximum atomic E-state index is 12.0. The fourth-order valence-electron chi connectivity index (χ4n) is 2.06. The van der Waals surface area contributed by atoms with Crippen molar-refractivity contribution >= 4 is 27.8 Å². The van der Waals surface area contributed by atoms with Gasteiger partial charge in [0.2, 0.25) is 0 Å². The first kappa shape index (κ1) is 17.2. The van der Waals surface area contributed by atoms with Gasteiger partial charge in [-0.3, -0.25) is 9.59 Å². The number of hydrogen-bond donors (Lipinski definition) is 2. The van der Waals surface area contributed by atoms with Gasteiger partial charge >= 0.3 is 5.97 Å². The van der Waals surface area contributed by atoms with Crippen LogP contribution in [0.15, 0.2) is 41.1 Å². The summed E-state index contributed by atoms with van der Waals surface area (Å²) in [6.45, 7) is 0.530. The number of benzene rings is 1. The van der Waals surface area contributed by atoms with Crippen LogP contribution in [-0.4, -0.2) is 33.3 Å². The normalized spacial score (nSPS) is 10.5. The van der Waals surface area contributed by atoms with E-state index in [0.717, 1.165) is 23.0 Å². The van der Waals surface area contributed by atoms with E-state index in [1.807, 2.05) is 24.3 Å². The number of carbonyl (C=O) groups is 2. The first-order chi connectivity index (χ1) is 11.1. The Labute approximate surface area is 142 Å². The van der Waals surface area contributed by atoms with Crippen LogP contribution in [0.4, 0.5) is 0 Å². The molecule has 1 amide bonds. The number of halogens is 1. The van der Waals surface area contributed by atoms with Crippen molar-refractivity contribution in [1.29, 1.82) is 0 Å². The smallest absolute Gasteiger partial charge is 0.303 e. The van der Waals surface area contributed by atoms with E-state index in [0.29, 0.717) is 18.5 Å². The van der Waals surface area contributed by atoms with Gasteiger partial charge in [0.25, 0.3) is 5.91 Å². The Morgan fingerprint density at radius 1 is 1.17 bits per heavy atom. The molecule has 0 fully saturated rings. The highest BCUT2D eigenvalue weighted by molar-refractivity contribution is 9.10. The molecule has 0 aliphatic heterocycles. The molecule has 0 aliphatic carbocycles. The Balaban J connectivity index is 1.79. The molecule has 6 nitrogen and oxygen atoms in total. The highest BCUT2D eigenvalue weighted by Crippen LogP contribution is 2.14. The Kier molecular flexibility index (Phi) is 6.34. The molecule has 0 atom stereocenters. The van der Waals surface area contributed by atoms with Gasteiger partial charge in [0, 0.05) is 23.6 Å². The minimum Gasteiger partial charge on any atom is -0.481 e. The van der Waals surface area contributed by atoms with Crippen molar-refractivity contribution in [3.63, 3.8) is 0 Å². The highest BCUT2D eigenvalue weighted by atomic mass is 79.9. The Morgan fingerprint density at radius 2 is 1.91 bits per heavy atom. The van der Waals surface area contributed by atoms with Crippen molar-refractivity contribution in [2.24, 2.45) is 0 Å². The van der Waals surface area contributed by atoms with Crippen molar-refractivity contribution in [2.75, 3.05) is 6.54 Å². The summed E-state index contributed by atoms with van der Waals surface area (Å²) in [7, 11) is 0. The number of carboxylic acid groups (broad SMARTS) is 1. The zero-order chi connectivity index (χ0) is 16.7. The molecule has 2 N–H and O–H groups in total. The fraction of sp³-hybridized carbons (Fsp3) is 0.312. The number of aromatic nitrogens is 2. The molecule has 23 heavy (non-hydrogen) atoms. The molecule has 2 aromatic rings. The third-order valence-electron chi connectivity index (χ3n) is 3.29. The quantitative estimate of drug-likeness (QED) is 0.690. The summed E-state index contributed by atoms with van der Waals surface area (Å²) in [5.74, 6) is -0.957. The van der Waals surface area contributed by atoms with Crippen LogP contribution in [-0.2, 0) is 4.79 Å². The summed E-state index contributed by atoms with van der Waals surface area (Å²) in [5.41, 5.74) is 1.37. The van der Waals surface area contributed by atoms with E-state index in [1.165, 1.54) is 6.20 Å². The maximum absolute atomic E-state index is 12.0. The van der Waals surface area contributed by atoms with E-state index in [-0.39, 0.29) is 12.3 Å². The molecule has 0 saturated heterocycles. The lowest BCUT2D eigenvalue weighted by Crippen LogP contribution is -2.24. The molecule has 0 unspecified atom stereocenters. The SMILES string of the molecule is O=C(O)CCCCCNC(=O)c1cnn(-c2ccc(Br)cc2)c1. The third kappa shape index (κ3) is 5.52. The highest BCUT2D eigenvalue weighted by Gasteiger charge is 2.09. The van der Waals surface area contributed by atoms with Gasteiger partial charge in [0.1, 0.15) is 0 Å². The van der Waals surface area contributed by atoms with Crippen molar-refractivity contribution in [2.45, 2.75) is 25.7 Å². The summed E-state index contributed by atoms with van der Waals surface area (Å²) < 4.78 is 2.63. The van der Waals surface area contributed by atoms with Crippen LogP contribution in [0.2, 0.25) is 0 Å². The second-order valence-electron chi connectivity index (χ2n) is 5.11. The molecule has 0 radical (unpaired) electrons. The van der Waals surface area contributed by atoms with Crippen LogP contribution in [0.5, 0.6) is 0 Å². The van der Waals surface area contributed by atoms with Gasteiger partial charge in [-0.05, 0) is 37.1 Å². The summed E-state index contributed by atoms with van der Waals surface area (Å²) in [6.07, 6.45) is 5.57. The van der Waals surface area contributed by atoms with Gasteiger partial charge in [-0.25, -0.2) is 4.68 Å². The first-order valence-electron chi connectivity index (χ1n) is 7.37. The largest absolute Gasteiger partial charge is 0.481 e. The number of nitrogens with zero attached hydrogens (tertiary/aromatic N) is 2. The van der Waals surface area contributed by atoms with Crippen LogP contribution >= 0.6 is 15.9 Å². The van der Waals surface area contributed by atoms with Crippen molar-refractivity contribution in [3.8, 4) is 5.69 Å². The first-order valence-corrected chi connectivity index (χ1v) is 8.16. The number of hydrogen-bond acceptors (Lipinski definition) is 3. The van der Waals surface area contributed by atoms with E-state index < -0.39 is 5.97 Å². The van der Waals surface area contributed by atoms with Gasteiger partial charge < -0.3 is 10.4 Å². The van der Waals surface area contributed by atoms with E-state index in [1.54, 1.807) is 10.9 Å². The predicted octanol–water partition coefficient (Wildman–Crippen LogP) is 3.01. The molecule has 1 heterocycles. The van der Waals surface area contributed by atoms with E-state index in [9.17, 15) is 9.59 Å². The van der Waals surface area contributed by atoms with E-state index in [2.05, 4.69) is 26.3 Å². The van der Waals surface area contributed by atoms with Crippen molar-refractivity contribution in [3.05, 3.63) is 46.7 Å². The lowest BCUT2D eigenvalue weighted by molar-refractivity contribution is -0.137. The van der Waals surface area contributed by atoms with E-state index >= 15 is 0 Å². The Hall–Kier alpha value is -2.15. The van der Waals surface area contributed by atoms with Crippen LogP contribution in [0.3, 0.4) is 0 Å². The molecule has 0 bridgehead atoms. The molecule has 0 saturated carbocycles. The second-order valence-corrected chi connectivity index (χ2v) is 6.03. The number of nitrogens with one attached hydrogen (secondary N) is 1. The molecule has 7 heteroatoms. The summed E-state index contributed by atoms with van der Waals surface area (Å²) in [5, 5.41) is 15.5. The summed E-state index contributed by atoms with van der Waals surface area (Å²) in [4.78, 5) is 22.4. The lowest BCUT2D eigenvalue weighted by Gasteiger charge is -2.03. The number of carboxylic acids is 1. The molecule has 2 rings (SSSR count). The fourth-order valence-corrected chi connectivity index (χ4v) is 2.32. The number of aliphatic carboxylic acids is 1. The number of rotatable bonds is 8. The minimum absolute atomic E-state index is 0.174. The van der Waals surface area contributed by atoms with Gasteiger partial charge in [0.15, 0.2) is 0 Å². The molecule has 122 valence electrons. The zero-order valence-electron chi connectivity index (χ0n) is 12.5. The molecule has 0 aliphatic rings. The van der Waals surface area contributed by atoms with E-state index in [4.69, 9.17) is 5.11 Å². The van der Waals surface area contributed by atoms with Gasteiger partial charge in [0.05, 0.1) is 17.4 Å². The third-order valence-corrected chi connectivity index (χ3v) is 3.82. The zero-order valence-corrected chi connectivity index (χ0v) is 14.1. The van der Waals surface area contributed by atoms with Crippen LogP contribution < -0.4 is 5.32 Å². The monoisotopic (exact) mass is 379 g/mol. The number of unbranched alkanes of at least 4 members (excludes halogenated alkanes) is 2. The van der Waals surface area contributed by atoms with Crippen molar-refractivity contribution < 1.29 is 14.7 Å². The lowest BCUT2D eigenvalue weighted by atomic mass is 10.2. The summed E-state index contributed by atoms with van der Waals surface area (Å²) >= 11 is 3.37. The van der Waals surface area contributed by atoms with Gasteiger partial charge in [-0.1, -0.05) is 22.4 Å². The van der Waals surface area contributed by atoms with Gasteiger partial charge in [-0.2, -0.15) is 5.10 Å². The molecular weight excluding hydrogens is 362 g/mol. The van der Waals surface area contributed by atoms with Crippen molar-refractivity contribution in [1.82, 2.24) is 15.1 Å². The minimum atomic E-state index is -0.783. The Bertz CT molecular complexity index is 667. The summed E-state index contributed by atoms with van der Waals surface area (Å²) in [6, 6.07) is 7.63. The molecular formula is C16H18BrN3O3. The van der Waals surface area contributed by atoms with Gasteiger partial charge in [-0.15, -0.1) is 0 Å². The standard InChI is InChI=1S/C16H18BrN3O3/c17-13-5-7-14(8-6-13)20-11-12(10-19-20)16(23)18-9-3-1-2-4-15(21)22/h5-8,10-11H,1-4,9H2,(H,18,23)(H,21,22). The predicted molar refractivity (Wildman–Crippen MR) is 89.7 cm³/mol. The average Bonchev–Trinajstić information content (AvgIpc) is 3.01. The average molecular weight is 380 g/mol. The Morgan fingerprint density at radius 3 is 2.61 bits per heavy atom. The number of carbonyl (C=O) groups excluding carboxylic acids is 1.